The predicted molar refractivity (Wildman–Crippen MR) is 108 cm³/mol. The smallest absolute Gasteiger partial charge is 0.226 e. The van der Waals surface area contributed by atoms with Crippen molar-refractivity contribution in [3.8, 4) is 29.3 Å². The van der Waals surface area contributed by atoms with Gasteiger partial charge in [0, 0.05) is 12.7 Å². The first kappa shape index (κ1) is 20.8. The number of methoxy groups -OCH3 is 2. The third-order valence-electron chi connectivity index (χ3n) is 3.99. The minimum absolute atomic E-state index is 0.213. The van der Waals surface area contributed by atoms with Gasteiger partial charge in [-0.3, -0.25) is 0 Å². The van der Waals surface area contributed by atoms with Crippen LogP contribution in [-0.4, -0.2) is 35.6 Å². The largest absolute Gasteiger partial charge is 0.504 e. The van der Waals surface area contributed by atoms with E-state index in [1.807, 2.05) is 0 Å². The van der Waals surface area contributed by atoms with Gasteiger partial charge < -0.3 is 24.1 Å². The number of ether oxygens (including phenoxy) is 4. The molecule has 2 aromatic carbocycles. The van der Waals surface area contributed by atoms with Crippen LogP contribution in [0.1, 0.15) is 11.1 Å². The van der Waals surface area contributed by atoms with Crippen molar-refractivity contribution < 1.29 is 24.1 Å². The number of hydrogen-bond donors (Lipinski definition) is 1. The Bertz CT molecular complexity index is 1080. The van der Waals surface area contributed by atoms with Gasteiger partial charge in [-0.25, -0.2) is 9.97 Å². The molecule has 0 aliphatic heterocycles. The SMILES string of the molecule is CO/C=C(\c1ccccc1Oc1cc(Oc2ccccc2C#N)ncn1)C(O)OC. The lowest BCUT2D eigenvalue weighted by Crippen LogP contribution is -2.12. The number of nitriles is 1. The first-order valence-electron chi connectivity index (χ1n) is 8.86. The van der Waals surface area contributed by atoms with E-state index in [1.54, 1.807) is 48.5 Å². The fourth-order valence-electron chi connectivity index (χ4n) is 2.61. The molecule has 0 amide bonds. The molecule has 8 heteroatoms. The van der Waals surface area contributed by atoms with Gasteiger partial charge in [-0.1, -0.05) is 30.3 Å². The van der Waals surface area contributed by atoms with Gasteiger partial charge in [0.25, 0.3) is 0 Å². The molecule has 1 N–H and O–H groups in total. The van der Waals surface area contributed by atoms with Crippen LogP contribution in [0.5, 0.6) is 23.3 Å². The van der Waals surface area contributed by atoms with Crippen LogP contribution in [-0.2, 0) is 9.47 Å². The first-order chi connectivity index (χ1) is 14.7. The Morgan fingerprint density at radius 2 is 1.63 bits per heavy atom. The molecule has 0 aliphatic rings. The number of aliphatic hydroxyl groups excluding tert-OH is 1. The zero-order valence-electron chi connectivity index (χ0n) is 16.4. The molecule has 0 spiro atoms. The van der Waals surface area contributed by atoms with E-state index in [2.05, 4.69) is 16.0 Å². The minimum Gasteiger partial charge on any atom is -0.504 e. The van der Waals surface area contributed by atoms with Gasteiger partial charge in [-0.15, -0.1) is 0 Å². The van der Waals surface area contributed by atoms with Gasteiger partial charge >= 0.3 is 0 Å². The molecular formula is C22H19N3O5. The van der Waals surface area contributed by atoms with Crippen LogP contribution < -0.4 is 9.47 Å². The first-order valence-corrected chi connectivity index (χ1v) is 8.86. The van der Waals surface area contributed by atoms with E-state index in [-0.39, 0.29) is 11.8 Å². The second kappa shape index (κ2) is 10.0. The number of nitrogens with zero attached hydrogens (tertiary/aromatic N) is 3. The standard InChI is InChI=1S/C22H19N3O5/c1-27-13-17(22(26)28-2)16-8-4-6-10-19(16)30-21-11-20(24-14-25-21)29-18-9-5-3-7-15(18)12-23/h3-11,13-14,22,26H,1-2H3/b17-13+. The highest BCUT2D eigenvalue weighted by atomic mass is 16.6. The predicted octanol–water partition coefficient (Wildman–Crippen LogP) is 3.88. The van der Waals surface area contributed by atoms with Crippen molar-refractivity contribution in [3.63, 3.8) is 0 Å². The molecule has 1 aromatic heterocycles. The van der Waals surface area contributed by atoms with Crippen molar-refractivity contribution in [2.24, 2.45) is 0 Å². The van der Waals surface area contributed by atoms with Crippen LogP contribution in [0.4, 0.5) is 0 Å². The lowest BCUT2D eigenvalue weighted by molar-refractivity contribution is -0.0286. The van der Waals surface area contributed by atoms with Crippen LogP contribution in [0.25, 0.3) is 5.57 Å². The number of aromatic nitrogens is 2. The van der Waals surface area contributed by atoms with Crippen LogP contribution in [0.3, 0.4) is 0 Å². The summed E-state index contributed by atoms with van der Waals surface area (Å²) in [5.41, 5.74) is 1.32. The number of benzene rings is 2. The number of aliphatic hydroxyl groups is 1. The van der Waals surface area contributed by atoms with Gasteiger partial charge in [0.2, 0.25) is 11.8 Å². The third-order valence-corrected chi connectivity index (χ3v) is 3.99. The van der Waals surface area contributed by atoms with Crippen molar-refractivity contribution in [1.29, 1.82) is 5.26 Å². The van der Waals surface area contributed by atoms with E-state index >= 15 is 0 Å². The number of rotatable bonds is 8. The molecule has 0 fully saturated rings. The van der Waals surface area contributed by atoms with Crippen molar-refractivity contribution >= 4 is 5.57 Å². The molecule has 3 aromatic rings. The van der Waals surface area contributed by atoms with Gasteiger partial charge in [0.15, 0.2) is 6.29 Å². The highest BCUT2D eigenvalue weighted by Crippen LogP contribution is 2.33. The lowest BCUT2D eigenvalue weighted by Gasteiger charge is -2.17. The van der Waals surface area contributed by atoms with E-state index in [0.717, 1.165) is 0 Å². The van der Waals surface area contributed by atoms with Crippen LogP contribution in [0.15, 0.2) is 67.2 Å². The maximum atomic E-state index is 10.2. The zero-order chi connectivity index (χ0) is 21.3. The van der Waals surface area contributed by atoms with E-state index in [1.165, 1.54) is 32.9 Å². The zero-order valence-corrected chi connectivity index (χ0v) is 16.4. The lowest BCUT2D eigenvalue weighted by atomic mass is 10.1. The van der Waals surface area contributed by atoms with E-state index < -0.39 is 6.29 Å². The Kier molecular flexibility index (Phi) is 6.95. The molecule has 0 saturated heterocycles. The van der Waals surface area contributed by atoms with E-state index in [4.69, 9.17) is 18.9 Å². The summed E-state index contributed by atoms with van der Waals surface area (Å²) in [5.74, 6) is 1.22. The molecule has 1 heterocycles. The molecule has 0 radical (unpaired) electrons. The average Bonchev–Trinajstić information content (AvgIpc) is 2.78. The number of para-hydroxylation sites is 2. The van der Waals surface area contributed by atoms with Gasteiger partial charge in [-0.2, -0.15) is 5.26 Å². The van der Waals surface area contributed by atoms with Crippen LogP contribution in [0, 0.1) is 11.3 Å². The Labute approximate surface area is 173 Å². The highest BCUT2D eigenvalue weighted by molar-refractivity contribution is 5.72. The quantitative estimate of drug-likeness (QED) is 0.444. The fraction of sp³-hybridized carbons (Fsp3) is 0.136. The Hall–Kier alpha value is -3.93. The minimum atomic E-state index is -1.21. The summed E-state index contributed by atoms with van der Waals surface area (Å²) in [5, 5.41) is 19.4. The van der Waals surface area contributed by atoms with Gasteiger partial charge in [0.1, 0.15) is 23.9 Å². The molecule has 30 heavy (non-hydrogen) atoms. The summed E-state index contributed by atoms with van der Waals surface area (Å²) < 4.78 is 21.7. The number of hydrogen-bond acceptors (Lipinski definition) is 8. The van der Waals surface area contributed by atoms with Crippen molar-refractivity contribution in [1.82, 2.24) is 9.97 Å². The Balaban J connectivity index is 1.89. The van der Waals surface area contributed by atoms with E-state index in [9.17, 15) is 10.4 Å². The second-order valence-corrected chi connectivity index (χ2v) is 5.90. The summed E-state index contributed by atoms with van der Waals surface area (Å²) in [7, 11) is 2.85. The second-order valence-electron chi connectivity index (χ2n) is 5.90. The van der Waals surface area contributed by atoms with Gasteiger partial charge in [-0.05, 0) is 18.2 Å². The van der Waals surface area contributed by atoms with Gasteiger partial charge in [0.05, 0.1) is 30.6 Å². The molecule has 3 rings (SSSR count). The van der Waals surface area contributed by atoms with Crippen molar-refractivity contribution in [2.45, 2.75) is 6.29 Å². The average molecular weight is 405 g/mol. The summed E-state index contributed by atoms with van der Waals surface area (Å²) in [6.45, 7) is 0. The Morgan fingerprint density at radius 1 is 1.00 bits per heavy atom. The van der Waals surface area contributed by atoms with E-state index in [0.29, 0.717) is 28.2 Å². The summed E-state index contributed by atoms with van der Waals surface area (Å²) >= 11 is 0. The molecule has 1 unspecified atom stereocenters. The molecule has 152 valence electrons. The summed E-state index contributed by atoms with van der Waals surface area (Å²) in [6.07, 6.45) is 1.46. The third kappa shape index (κ3) is 4.91. The Morgan fingerprint density at radius 3 is 2.30 bits per heavy atom. The van der Waals surface area contributed by atoms with Crippen molar-refractivity contribution in [3.05, 3.63) is 78.3 Å². The maximum Gasteiger partial charge on any atom is 0.226 e. The van der Waals surface area contributed by atoms with Crippen molar-refractivity contribution in [2.75, 3.05) is 14.2 Å². The normalized spacial score (nSPS) is 12.0. The summed E-state index contributed by atoms with van der Waals surface area (Å²) in [4.78, 5) is 8.17. The molecule has 1 atom stereocenters. The topological polar surface area (TPSA) is 107 Å². The molecular weight excluding hydrogens is 386 g/mol. The highest BCUT2D eigenvalue weighted by Gasteiger charge is 2.18. The van der Waals surface area contributed by atoms with Crippen LogP contribution in [0.2, 0.25) is 0 Å². The summed E-state index contributed by atoms with van der Waals surface area (Å²) in [6, 6.07) is 17.4. The monoisotopic (exact) mass is 405 g/mol. The molecule has 0 saturated carbocycles. The maximum absolute atomic E-state index is 10.2. The fourth-order valence-corrected chi connectivity index (χ4v) is 2.61. The molecule has 0 aliphatic carbocycles. The molecule has 8 nitrogen and oxygen atoms in total. The molecule has 0 bridgehead atoms. The van der Waals surface area contributed by atoms with Crippen LogP contribution >= 0.6 is 0 Å².